The molecule has 0 fully saturated rings. The second-order valence-corrected chi connectivity index (χ2v) is 6.38. The first-order chi connectivity index (χ1) is 13.0. The Morgan fingerprint density at radius 2 is 1.89 bits per heavy atom. The molecule has 8 heteroatoms. The zero-order chi connectivity index (χ0) is 19.2. The molecule has 3 aromatic rings. The van der Waals surface area contributed by atoms with E-state index >= 15 is 0 Å². The lowest BCUT2D eigenvalue weighted by Gasteiger charge is -2.09. The SMILES string of the molecule is Cc1cccc(-c2n[nH]c(=S)n2CCC(=O)NNC(=O)c2ccccc2)c1. The average molecular weight is 381 g/mol. The number of benzene rings is 2. The van der Waals surface area contributed by atoms with Gasteiger partial charge >= 0.3 is 0 Å². The summed E-state index contributed by atoms with van der Waals surface area (Å²) in [6, 6.07) is 16.5. The molecule has 0 spiro atoms. The van der Waals surface area contributed by atoms with Crippen LogP contribution in [0.1, 0.15) is 22.3 Å². The minimum atomic E-state index is -0.371. The van der Waals surface area contributed by atoms with Crippen molar-refractivity contribution in [3.8, 4) is 11.4 Å². The number of hydrogen-bond donors (Lipinski definition) is 3. The van der Waals surface area contributed by atoms with Crippen LogP contribution >= 0.6 is 12.2 Å². The van der Waals surface area contributed by atoms with Gasteiger partial charge in [0.1, 0.15) is 0 Å². The van der Waals surface area contributed by atoms with E-state index in [0.29, 0.717) is 22.7 Å². The number of H-pyrrole nitrogens is 1. The molecule has 1 heterocycles. The maximum absolute atomic E-state index is 12.1. The van der Waals surface area contributed by atoms with Crippen LogP contribution in [0, 0.1) is 11.7 Å². The normalized spacial score (nSPS) is 10.4. The molecular weight excluding hydrogens is 362 g/mol. The summed E-state index contributed by atoms with van der Waals surface area (Å²) in [6.07, 6.45) is 0.141. The van der Waals surface area contributed by atoms with Crippen molar-refractivity contribution in [2.45, 2.75) is 19.9 Å². The van der Waals surface area contributed by atoms with E-state index in [2.05, 4.69) is 21.0 Å². The van der Waals surface area contributed by atoms with Crippen LogP contribution in [0.2, 0.25) is 0 Å². The van der Waals surface area contributed by atoms with Crippen LogP contribution in [-0.4, -0.2) is 26.6 Å². The molecule has 0 saturated carbocycles. The first-order valence-electron chi connectivity index (χ1n) is 8.41. The number of aryl methyl sites for hydroxylation is 1. The van der Waals surface area contributed by atoms with Crippen LogP contribution in [0.15, 0.2) is 54.6 Å². The van der Waals surface area contributed by atoms with Crippen LogP contribution in [-0.2, 0) is 11.3 Å². The van der Waals surface area contributed by atoms with E-state index < -0.39 is 0 Å². The van der Waals surface area contributed by atoms with Crippen LogP contribution in [0.4, 0.5) is 0 Å². The molecule has 138 valence electrons. The molecule has 2 amide bonds. The number of amides is 2. The van der Waals surface area contributed by atoms with E-state index in [4.69, 9.17) is 12.2 Å². The third-order valence-electron chi connectivity index (χ3n) is 3.95. The molecule has 0 atom stereocenters. The van der Waals surface area contributed by atoms with Crippen LogP contribution in [0.5, 0.6) is 0 Å². The highest BCUT2D eigenvalue weighted by Gasteiger charge is 2.12. The van der Waals surface area contributed by atoms with Crippen molar-refractivity contribution in [3.63, 3.8) is 0 Å². The summed E-state index contributed by atoms with van der Waals surface area (Å²) in [5, 5.41) is 7.03. The summed E-state index contributed by atoms with van der Waals surface area (Å²) >= 11 is 5.27. The molecule has 3 N–H and O–H groups in total. The minimum absolute atomic E-state index is 0.141. The fourth-order valence-corrected chi connectivity index (χ4v) is 2.82. The fraction of sp³-hybridized carbons (Fsp3) is 0.158. The van der Waals surface area contributed by atoms with Gasteiger partial charge in [0.05, 0.1) is 0 Å². The van der Waals surface area contributed by atoms with Crippen molar-refractivity contribution in [3.05, 3.63) is 70.5 Å². The van der Waals surface area contributed by atoms with Crippen molar-refractivity contribution in [1.29, 1.82) is 0 Å². The van der Waals surface area contributed by atoms with Crippen LogP contribution in [0.25, 0.3) is 11.4 Å². The van der Waals surface area contributed by atoms with E-state index in [1.165, 1.54) is 0 Å². The minimum Gasteiger partial charge on any atom is -0.300 e. The van der Waals surface area contributed by atoms with Crippen molar-refractivity contribution in [2.24, 2.45) is 0 Å². The summed E-state index contributed by atoms with van der Waals surface area (Å²) in [6.45, 7) is 2.34. The van der Waals surface area contributed by atoms with Crippen molar-refractivity contribution < 1.29 is 9.59 Å². The molecule has 0 unspecified atom stereocenters. The van der Waals surface area contributed by atoms with Gasteiger partial charge in [0.25, 0.3) is 5.91 Å². The summed E-state index contributed by atoms with van der Waals surface area (Å²) in [7, 11) is 0. The fourth-order valence-electron chi connectivity index (χ4n) is 2.59. The third kappa shape index (κ3) is 4.68. The summed E-state index contributed by atoms with van der Waals surface area (Å²) in [5.74, 6) is -0.0216. The van der Waals surface area contributed by atoms with Gasteiger partial charge in [0, 0.05) is 24.1 Å². The molecule has 0 saturated heterocycles. The first-order valence-corrected chi connectivity index (χ1v) is 8.82. The van der Waals surface area contributed by atoms with Gasteiger partial charge in [-0.05, 0) is 37.3 Å². The Morgan fingerprint density at radius 1 is 1.11 bits per heavy atom. The van der Waals surface area contributed by atoms with Gasteiger partial charge < -0.3 is 0 Å². The Kier molecular flexibility index (Phi) is 5.77. The highest BCUT2D eigenvalue weighted by molar-refractivity contribution is 7.71. The number of rotatable bonds is 5. The molecule has 0 bridgehead atoms. The lowest BCUT2D eigenvalue weighted by molar-refractivity contribution is -0.122. The number of hydrazine groups is 1. The predicted molar refractivity (Wildman–Crippen MR) is 104 cm³/mol. The lowest BCUT2D eigenvalue weighted by Crippen LogP contribution is -2.41. The molecule has 1 aromatic heterocycles. The van der Waals surface area contributed by atoms with Gasteiger partial charge in [-0.25, -0.2) is 0 Å². The largest absolute Gasteiger partial charge is 0.300 e. The predicted octanol–water partition coefficient (Wildman–Crippen LogP) is 2.77. The van der Waals surface area contributed by atoms with Crippen molar-refractivity contribution >= 4 is 24.0 Å². The van der Waals surface area contributed by atoms with E-state index in [-0.39, 0.29) is 18.2 Å². The topological polar surface area (TPSA) is 91.8 Å². The van der Waals surface area contributed by atoms with E-state index in [9.17, 15) is 9.59 Å². The molecule has 0 aliphatic heterocycles. The highest BCUT2D eigenvalue weighted by Crippen LogP contribution is 2.18. The number of nitrogens with zero attached hydrogens (tertiary/aromatic N) is 2. The number of nitrogens with one attached hydrogen (secondary N) is 3. The Balaban J connectivity index is 1.60. The van der Waals surface area contributed by atoms with E-state index in [0.717, 1.165) is 11.1 Å². The number of aromatic nitrogens is 3. The second-order valence-electron chi connectivity index (χ2n) is 5.99. The smallest absolute Gasteiger partial charge is 0.269 e. The highest BCUT2D eigenvalue weighted by atomic mass is 32.1. The maximum Gasteiger partial charge on any atom is 0.269 e. The quantitative estimate of drug-likeness (QED) is 0.468. The molecule has 3 rings (SSSR count). The Hall–Kier alpha value is -3.26. The summed E-state index contributed by atoms with van der Waals surface area (Å²) < 4.78 is 2.20. The molecule has 27 heavy (non-hydrogen) atoms. The first kappa shape index (κ1) is 18.5. The standard InChI is InChI=1S/C19H19N5O2S/c1-13-6-5-9-15(12-13)17-21-23-19(27)24(17)11-10-16(25)20-22-18(26)14-7-3-2-4-8-14/h2-9,12H,10-11H2,1H3,(H,20,25)(H,22,26)(H,23,27). The Morgan fingerprint density at radius 3 is 2.63 bits per heavy atom. The summed E-state index contributed by atoms with van der Waals surface area (Å²) in [5.41, 5.74) is 7.31. The third-order valence-corrected chi connectivity index (χ3v) is 4.26. The van der Waals surface area contributed by atoms with E-state index in [1.54, 1.807) is 28.8 Å². The van der Waals surface area contributed by atoms with Gasteiger partial charge in [-0.15, -0.1) is 0 Å². The van der Waals surface area contributed by atoms with Crippen LogP contribution < -0.4 is 10.9 Å². The van der Waals surface area contributed by atoms with E-state index in [1.807, 2.05) is 37.3 Å². The Bertz CT molecular complexity index is 1010. The zero-order valence-electron chi connectivity index (χ0n) is 14.7. The molecule has 0 aliphatic carbocycles. The van der Waals surface area contributed by atoms with Gasteiger partial charge in [-0.2, -0.15) is 5.10 Å². The van der Waals surface area contributed by atoms with Crippen molar-refractivity contribution in [1.82, 2.24) is 25.6 Å². The average Bonchev–Trinajstić information content (AvgIpc) is 3.05. The van der Waals surface area contributed by atoms with Gasteiger partial charge in [0.15, 0.2) is 10.6 Å². The molecular formula is C19H19N5O2S. The number of carbonyl (C=O) groups excluding carboxylic acids is 2. The molecule has 0 aliphatic rings. The second kappa shape index (κ2) is 8.41. The Labute approximate surface area is 161 Å². The van der Waals surface area contributed by atoms with Crippen molar-refractivity contribution in [2.75, 3.05) is 0 Å². The van der Waals surface area contributed by atoms with Crippen LogP contribution in [0.3, 0.4) is 0 Å². The van der Waals surface area contributed by atoms with Gasteiger partial charge in [-0.1, -0.05) is 42.0 Å². The number of carbonyl (C=O) groups is 2. The zero-order valence-corrected chi connectivity index (χ0v) is 15.5. The van der Waals surface area contributed by atoms with Gasteiger partial charge in [0.2, 0.25) is 5.91 Å². The summed E-state index contributed by atoms with van der Waals surface area (Å²) in [4.78, 5) is 24.0. The molecule has 7 nitrogen and oxygen atoms in total. The number of hydrogen-bond acceptors (Lipinski definition) is 4. The number of aromatic amines is 1. The molecule has 2 aromatic carbocycles. The van der Waals surface area contributed by atoms with Gasteiger partial charge in [-0.3, -0.25) is 30.1 Å². The monoisotopic (exact) mass is 381 g/mol. The molecule has 0 radical (unpaired) electrons. The lowest BCUT2D eigenvalue weighted by atomic mass is 10.1. The maximum atomic E-state index is 12.1.